The molecule has 0 aliphatic heterocycles. The molecule has 6 heteroatoms. The molecule has 0 aliphatic carbocycles. The Morgan fingerprint density at radius 2 is 1.92 bits per heavy atom. The molecule has 0 unspecified atom stereocenters. The van der Waals surface area contributed by atoms with Crippen molar-refractivity contribution in [2.24, 2.45) is 0 Å². The van der Waals surface area contributed by atoms with E-state index in [1.807, 2.05) is 0 Å². The van der Waals surface area contributed by atoms with Crippen molar-refractivity contribution in [3.05, 3.63) is 0 Å². The Bertz CT molecular complexity index is 141. The number of hydrogen-bond acceptors (Lipinski definition) is 2. The molecule has 12 heavy (non-hydrogen) atoms. The molecule has 0 spiro atoms. The van der Waals surface area contributed by atoms with Crippen LogP contribution in [0.3, 0.4) is 0 Å². The third-order valence-corrected chi connectivity index (χ3v) is 1.78. The van der Waals surface area contributed by atoms with Crippen LogP contribution in [-0.4, -0.2) is 16.4 Å². The van der Waals surface area contributed by atoms with E-state index < -0.39 is 7.82 Å². The normalized spacial score (nSPS) is 10.9. The van der Waals surface area contributed by atoms with Gasteiger partial charge in [0.2, 0.25) is 0 Å². The quantitative estimate of drug-likeness (QED) is 0.325. The van der Waals surface area contributed by atoms with Gasteiger partial charge in [-0.2, -0.15) is 0 Å². The fraction of sp³-hybridized carbons (Fsp3) is 1.00. The first-order valence-electron chi connectivity index (χ1n) is 3.76. The molecule has 0 aliphatic rings. The van der Waals surface area contributed by atoms with E-state index in [1.54, 1.807) is 0 Å². The van der Waals surface area contributed by atoms with E-state index in [1.165, 1.54) is 0 Å². The van der Waals surface area contributed by atoms with Gasteiger partial charge in [0.25, 0.3) is 0 Å². The number of unbranched alkanes of at least 4 members (excludes halogenated alkanes) is 3. The van der Waals surface area contributed by atoms with Crippen LogP contribution in [0.4, 0.5) is 0 Å². The SMILES string of the molecule is CCCCCCOP(=O)(O)O.[H-].[Na+]. The van der Waals surface area contributed by atoms with Crippen LogP contribution in [0.2, 0.25) is 0 Å². The summed E-state index contributed by atoms with van der Waals surface area (Å²) < 4.78 is 14.4. The van der Waals surface area contributed by atoms with Crippen molar-refractivity contribution in [2.75, 3.05) is 6.61 Å². The molecule has 0 amide bonds. The van der Waals surface area contributed by atoms with Crippen LogP contribution < -0.4 is 29.6 Å². The molecular weight excluding hydrogens is 190 g/mol. The molecule has 4 nitrogen and oxygen atoms in total. The molecule has 0 atom stereocenters. The second kappa shape index (κ2) is 8.70. The van der Waals surface area contributed by atoms with E-state index in [-0.39, 0.29) is 37.6 Å². The Kier molecular flexibility index (Phi) is 11.3. The van der Waals surface area contributed by atoms with Gasteiger partial charge in [0.05, 0.1) is 6.61 Å². The average Bonchev–Trinajstić information content (AvgIpc) is 1.85. The summed E-state index contributed by atoms with van der Waals surface area (Å²) in [5, 5.41) is 0. The second-order valence-electron chi connectivity index (χ2n) is 2.38. The van der Waals surface area contributed by atoms with Gasteiger partial charge in [0.15, 0.2) is 0 Å². The van der Waals surface area contributed by atoms with Crippen LogP contribution in [0.25, 0.3) is 0 Å². The van der Waals surface area contributed by atoms with Crippen LogP contribution in [0.15, 0.2) is 0 Å². The van der Waals surface area contributed by atoms with Crippen molar-refractivity contribution in [3.63, 3.8) is 0 Å². The first-order chi connectivity index (χ1) is 5.06. The zero-order valence-corrected chi connectivity index (χ0v) is 10.6. The minimum Gasteiger partial charge on any atom is -1.00 e. The molecule has 70 valence electrons. The summed E-state index contributed by atoms with van der Waals surface area (Å²) in [4.78, 5) is 16.5. The largest absolute Gasteiger partial charge is 1.00 e. The molecule has 0 aromatic carbocycles. The van der Waals surface area contributed by atoms with Gasteiger partial charge in [-0.1, -0.05) is 26.2 Å². The summed E-state index contributed by atoms with van der Waals surface area (Å²) in [6.45, 7) is 2.23. The number of phosphoric ester groups is 1. The van der Waals surface area contributed by atoms with Gasteiger partial charge in [-0.05, 0) is 6.42 Å². The van der Waals surface area contributed by atoms with E-state index in [0.717, 1.165) is 25.7 Å². The fourth-order valence-electron chi connectivity index (χ4n) is 0.712. The van der Waals surface area contributed by atoms with Crippen molar-refractivity contribution in [1.29, 1.82) is 0 Å². The molecule has 0 heterocycles. The maximum atomic E-state index is 10.1. The van der Waals surface area contributed by atoms with Gasteiger partial charge >= 0.3 is 37.4 Å². The van der Waals surface area contributed by atoms with E-state index in [0.29, 0.717) is 0 Å². The van der Waals surface area contributed by atoms with Gasteiger partial charge in [-0.25, -0.2) is 4.57 Å². The third kappa shape index (κ3) is 13.7. The van der Waals surface area contributed by atoms with Crippen LogP contribution in [0.1, 0.15) is 34.0 Å². The molecule has 0 saturated carbocycles. The molecule has 0 radical (unpaired) electrons. The first kappa shape index (κ1) is 15.6. The molecule has 0 bridgehead atoms. The molecule has 0 aromatic heterocycles. The van der Waals surface area contributed by atoms with Crippen molar-refractivity contribution in [2.45, 2.75) is 32.6 Å². The smallest absolute Gasteiger partial charge is 1.00 e. The van der Waals surface area contributed by atoms with Crippen LogP contribution >= 0.6 is 7.82 Å². The van der Waals surface area contributed by atoms with Crippen molar-refractivity contribution < 1.29 is 49.9 Å². The molecule has 0 saturated heterocycles. The molecule has 0 fully saturated rings. The summed E-state index contributed by atoms with van der Waals surface area (Å²) in [5.74, 6) is 0. The summed E-state index contributed by atoms with van der Waals surface area (Å²) in [7, 11) is -4.21. The zero-order chi connectivity index (χ0) is 8.74. The summed E-state index contributed by atoms with van der Waals surface area (Å²) in [5.41, 5.74) is 0. The van der Waals surface area contributed by atoms with E-state index in [9.17, 15) is 4.57 Å². The Labute approximate surface area is 96.7 Å². The Balaban J connectivity index is -0.000000500. The summed E-state index contributed by atoms with van der Waals surface area (Å²) in [6.07, 6.45) is 3.88. The fourth-order valence-corrected chi connectivity index (χ4v) is 1.08. The minimum absolute atomic E-state index is 0. The van der Waals surface area contributed by atoms with Crippen LogP contribution in [0, 0.1) is 0 Å². The van der Waals surface area contributed by atoms with Crippen molar-refractivity contribution >= 4 is 7.82 Å². The number of rotatable bonds is 6. The third-order valence-electron chi connectivity index (χ3n) is 1.26. The molecule has 0 rings (SSSR count). The predicted octanol–water partition coefficient (Wildman–Crippen LogP) is -1.21. The van der Waals surface area contributed by atoms with E-state index in [4.69, 9.17) is 9.79 Å². The summed E-state index contributed by atoms with van der Waals surface area (Å²) in [6, 6.07) is 0. The molecular formula is C6H16NaO4P. The maximum Gasteiger partial charge on any atom is 1.00 e. The Morgan fingerprint density at radius 1 is 1.33 bits per heavy atom. The molecule has 2 N–H and O–H groups in total. The average molecular weight is 206 g/mol. The summed E-state index contributed by atoms with van der Waals surface area (Å²) >= 11 is 0. The minimum atomic E-state index is -4.21. The first-order valence-corrected chi connectivity index (χ1v) is 5.29. The zero-order valence-electron chi connectivity index (χ0n) is 8.69. The van der Waals surface area contributed by atoms with Gasteiger partial charge in [0.1, 0.15) is 0 Å². The Morgan fingerprint density at radius 3 is 2.33 bits per heavy atom. The van der Waals surface area contributed by atoms with Crippen LogP contribution in [0.5, 0.6) is 0 Å². The Hall–Kier alpha value is 1.11. The van der Waals surface area contributed by atoms with Gasteiger partial charge in [-0.15, -0.1) is 0 Å². The van der Waals surface area contributed by atoms with Gasteiger partial charge in [0, 0.05) is 0 Å². The van der Waals surface area contributed by atoms with E-state index >= 15 is 0 Å². The number of hydrogen-bond donors (Lipinski definition) is 2. The molecule has 0 aromatic rings. The topological polar surface area (TPSA) is 66.8 Å². The second-order valence-corrected chi connectivity index (χ2v) is 3.62. The predicted molar refractivity (Wildman–Crippen MR) is 43.3 cm³/mol. The maximum absolute atomic E-state index is 10.1. The standard InChI is InChI=1S/C6H15O4P.Na.H/c1-2-3-4-5-6-10-11(7,8)9;;/h2-6H2,1H3,(H2,7,8,9);;/q;+1;-1. The van der Waals surface area contributed by atoms with Gasteiger partial charge < -0.3 is 11.2 Å². The van der Waals surface area contributed by atoms with Crippen molar-refractivity contribution in [1.82, 2.24) is 0 Å². The van der Waals surface area contributed by atoms with Gasteiger partial charge in [-0.3, -0.25) is 4.52 Å². The monoisotopic (exact) mass is 206 g/mol. The number of phosphoric acid groups is 1. The van der Waals surface area contributed by atoms with Crippen molar-refractivity contribution in [3.8, 4) is 0 Å². The van der Waals surface area contributed by atoms with E-state index in [2.05, 4.69) is 11.4 Å². The van der Waals surface area contributed by atoms with Crippen LogP contribution in [-0.2, 0) is 9.09 Å².